The molecule has 0 saturated carbocycles. The minimum atomic E-state index is -0.240. The summed E-state index contributed by atoms with van der Waals surface area (Å²) in [4.78, 5) is 22.4. The first-order valence-electron chi connectivity index (χ1n) is 8.07. The molecule has 1 atom stereocenters. The number of piperidine rings is 1. The third kappa shape index (κ3) is 4.87. The molecule has 0 bridgehead atoms. The van der Waals surface area contributed by atoms with Gasteiger partial charge in [-0.25, -0.2) is 9.97 Å². The fraction of sp³-hybridized carbons (Fsp3) is 0.688. The highest BCUT2D eigenvalue weighted by molar-refractivity contribution is 5.75. The van der Waals surface area contributed by atoms with Crippen molar-refractivity contribution in [3.63, 3.8) is 0 Å². The van der Waals surface area contributed by atoms with Crippen LogP contribution >= 0.6 is 0 Å². The Morgan fingerprint density at radius 2 is 2.13 bits per heavy atom. The second kappa shape index (κ2) is 8.21. The highest BCUT2D eigenvalue weighted by Gasteiger charge is 2.35. The predicted molar refractivity (Wildman–Crippen MR) is 89.1 cm³/mol. The van der Waals surface area contributed by atoms with Crippen molar-refractivity contribution in [2.24, 2.45) is 0 Å². The first-order valence-corrected chi connectivity index (χ1v) is 8.07. The van der Waals surface area contributed by atoms with Crippen molar-refractivity contribution in [3.8, 4) is 0 Å². The minimum Gasteiger partial charge on any atom is -0.377 e. The molecular formula is C16H27N5O2. The summed E-state index contributed by atoms with van der Waals surface area (Å²) < 4.78 is 5.82. The van der Waals surface area contributed by atoms with Crippen molar-refractivity contribution in [2.45, 2.75) is 37.8 Å². The molecule has 1 aromatic rings. The van der Waals surface area contributed by atoms with Crippen LogP contribution in [0.3, 0.4) is 0 Å². The van der Waals surface area contributed by atoms with Gasteiger partial charge in [0.05, 0.1) is 5.60 Å². The molecule has 23 heavy (non-hydrogen) atoms. The molecule has 1 aliphatic rings. The van der Waals surface area contributed by atoms with E-state index in [4.69, 9.17) is 4.74 Å². The van der Waals surface area contributed by atoms with Gasteiger partial charge in [-0.05, 0) is 25.8 Å². The quantitative estimate of drug-likeness (QED) is 0.781. The maximum atomic E-state index is 11.5. The number of hydrogen-bond donors (Lipinski definition) is 2. The Kier molecular flexibility index (Phi) is 6.29. The number of methoxy groups -OCH3 is 1. The molecule has 1 saturated heterocycles. The summed E-state index contributed by atoms with van der Waals surface area (Å²) in [7, 11) is 5.22. The van der Waals surface area contributed by atoms with Gasteiger partial charge in [0.1, 0.15) is 0 Å². The average molecular weight is 321 g/mol. The molecule has 2 N–H and O–H groups in total. The Bertz CT molecular complexity index is 508. The first kappa shape index (κ1) is 17.6. The number of nitrogens with one attached hydrogen (secondary N) is 2. The van der Waals surface area contributed by atoms with Crippen LogP contribution in [0.4, 0.5) is 5.95 Å². The van der Waals surface area contributed by atoms with Crippen molar-refractivity contribution in [1.82, 2.24) is 20.2 Å². The smallest absolute Gasteiger partial charge is 0.222 e. The molecule has 7 heteroatoms. The highest BCUT2D eigenvalue weighted by atomic mass is 16.5. The number of rotatable bonds is 7. The molecule has 0 spiro atoms. The molecule has 7 nitrogen and oxygen atoms in total. The standard InChI is InChI=1S/C16H27N5O2/c1-17-14(22)5-7-16(23-3)6-4-8-21(12-16)11-13-9-19-15(18-2)20-10-13/h9-10H,4-8,11-12H2,1-3H3,(H,17,22)(H,18,19,20). The van der Waals surface area contributed by atoms with Gasteiger partial charge in [0.25, 0.3) is 0 Å². The number of hydrogen-bond acceptors (Lipinski definition) is 6. The molecule has 0 radical (unpaired) electrons. The second-order valence-electron chi connectivity index (χ2n) is 6.04. The third-order valence-electron chi connectivity index (χ3n) is 4.47. The van der Waals surface area contributed by atoms with Crippen molar-refractivity contribution in [2.75, 3.05) is 39.6 Å². The van der Waals surface area contributed by atoms with Crippen LogP contribution in [0.25, 0.3) is 0 Å². The number of carbonyl (C=O) groups is 1. The van der Waals surface area contributed by atoms with E-state index in [2.05, 4.69) is 25.5 Å². The zero-order valence-electron chi connectivity index (χ0n) is 14.3. The van der Waals surface area contributed by atoms with E-state index in [-0.39, 0.29) is 11.5 Å². The lowest BCUT2D eigenvalue weighted by Crippen LogP contribution is -2.49. The van der Waals surface area contributed by atoms with Gasteiger partial charge < -0.3 is 15.4 Å². The molecule has 1 aliphatic heterocycles. The maximum Gasteiger partial charge on any atom is 0.222 e. The van der Waals surface area contributed by atoms with Crippen LogP contribution in [0.2, 0.25) is 0 Å². The van der Waals surface area contributed by atoms with Crippen molar-refractivity contribution < 1.29 is 9.53 Å². The van der Waals surface area contributed by atoms with E-state index >= 15 is 0 Å². The normalized spacial score (nSPS) is 21.9. The van der Waals surface area contributed by atoms with Gasteiger partial charge in [0.15, 0.2) is 0 Å². The maximum absolute atomic E-state index is 11.5. The summed E-state index contributed by atoms with van der Waals surface area (Å²) in [6.45, 7) is 2.65. The lowest BCUT2D eigenvalue weighted by atomic mass is 9.87. The molecule has 2 heterocycles. The summed E-state index contributed by atoms with van der Waals surface area (Å²) in [5.41, 5.74) is 0.846. The van der Waals surface area contributed by atoms with Gasteiger partial charge in [-0.2, -0.15) is 0 Å². The SMILES string of the molecule is CNC(=O)CCC1(OC)CCCN(Cc2cnc(NC)nc2)C1. The van der Waals surface area contributed by atoms with E-state index in [1.165, 1.54) is 0 Å². The number of aromatic nitrogens is 2. The number of amides is 1. The molecule has 128 valence electrons. The molecule has 1 unspecified atom stereocenters. The lowest BCUT2D eigenvalue weighted by molar-refractivity contribution is -0.124. The van der Waals surface area contributed by atoms with Gasteiger partial charge in [-0.3, -0.25) is 9.69 Å². The van der Waals surface area contributed by atoms with Crippen molar-refractivity contribution in [3.05, 3.63) is 18.0 Å². The van der Waals surface area contributed by atoms with Gasteiger partial charge in [0, 0.05) is 58.7 Å². The molecule has 0 aromatic carbocycles. The van der Waals surface area contributed by atoms with Gasteiger partial charge >= 0.3 is 0 Å². The zero-order valence-corrected chi connectivity index (χ0v) is 14.3. The fourth-order valence-electron chi connectivity index (χ4n) is 3.09. The fourth-order valence-corrected chi connectivity index (χ4v) is 3.09. The Hall–Kier alpha value is -1.73. The van der Waals surface area contributed by atoms with E-state index in [1.54, 1.807) is 21.2 Å². The summed E-state index contributed by atoms with van der Waals surface area (Å²) >= 11 is 0. The summed E-state index contributed by atoms with van der Waals surface area (Å²) in [5, 5.41) is 5.60. The number of likely N-dealkylation sites (tertiary alicyclic amines) is 1. The van der Waals surface area contributed by atoms with E-state index in [9.17, 15) is 4.79 Å². The van der Waals surface area contributed by atoms with E-state index in [1.807, 2.05) is 12.4 Å². The predicted octanol–water partition coefficient (Wildman–Crippen LogP) is 1.03. The van der Waals surface area contributed by atoms with Crippen molar-refractivity contribution >= 4 is 11.9 Å². The molecule has 0 aliphatic carbocycles. The Morgan fingerprint density at radius 1 is 1.39 bits per heavy atom. The van der Waals surface area contributed by atoms with E-state index in [0.717, 1.165) is 44.5 Å². The summed E-state index contributed by atoms with van der Waals surface area (Å²) in [6.07, 6.45) is 7.01. The largest absolute Gasteiger partial charge is 0.377 e. The lowest BCUT2D eigenvalue weighted by Gasteiger charge is -2.42. The molecule has 1 amide bonds. The minimum absolute atomic E-state index is 0.0644. The van der Waals surface area contributed by atoms with Crippen LogP contribution in [-0.2, 0) is 16.1 Å². The van der Waals surface area contributed by atoms with E-state index in [0.29, 0.717) is 12.4 Å². The topological polar surface area (TPSA) is 79.4 Å². The molecular weight excluding hydrogens is 294 g/mol. The molecule has 1 fully saturated rings. The van der Waals surface area contributed by atoms with Crippen LogP contribution in [0.5, 0.6) is 0 Å². The summed E-state index contributed by atoms with van der Waals surface area (Å²) in [5.74, 6) is 0.693. The van der Waals surface area contributed by atoms with Gasteiger partial charge in [-0.1, -0.05) is 0 Å². The monoisotopic (exact) mass is 321 g/mol. The average Bonchev–Trinajstić information content (AvgIpc) is 2.60. The first-order chi connectivity index (χ1) is 11.1. The van der Waals surface area contributed by atoms with Crippen LogP contribution in [0, 0.1) is 0 Å². The molecule has 2 rings (SSSR count). The highest BCUT2D eigenvalue weighted by Crippen LogP contribution is 2.30. The van der Waals surface area contributed by atoms with E-state index < -0.39 is 0 Å². The third-order valence-corrected chi connectivity index (χ3v) is 4.47. The Balaban J connectivity index is 1.96. The Labute approximate surface area is 137 Å². The van der Waals surface area contributed by atoms with Crippen LogP contribution in [-0.4, -0.2) is 60.7 Å². The zero-order chi connectivity index (χ0) is 16.7. The number of nitrogens with zero attached hydrogens (tertiary/aromatic N) is 3. The van der Waals surface area contributed by atoms with Gasteiger partial charge in [0.2, 0.25) is 11.9 Å². The second-order valence-corrected chi connectivity index (χ2v) is 6.04. The van der Waals surface area contributed by atoms with Gasteiger partial charge in [-0.15, -0.1) is 0 Å². The van der Waals surface area contributed by atoms with Crippen molar-refractivity contribution in [1.29, 1.82) is 0 Å². The number of ether oxygens (including phenoxy) is 1. The Morgan fingerprint density at radius 3 is 2.74 bits per heavy atom. The number of carbonyl (C=O) groups excluding carboxylic acids is 1. The summed E-state index contributed by atoms with van der Waals surface area (Å²) in [6, 6.07) is 0. The van der Waals surface area contributed by atoms with Crippen LogP contribution < -0.4 is 10.6 Å². The van der Waals surface area contributed by atoms with Crippen LogP contribution in [0.1, 0.15) is 31.2 Å². The molecule has 1 aromatic heterocycles. The number of anilines is 1. The van der Waals surface area contributed by atoms with Crippen LogP contribution in [0.15, 0.2) is 12.4 Å².